The van der Waals surface area contributed by atoms with Crippen molar-refractivity contribution in [2.24, 2.45) is 0 Å². The number of carbonyl (C=O) groups is 1. The Kier molecular flexibility index (Phi) is 5.67. The monoisotopic (exact) mass is 392 g/mol. The van der Waals surface area contributed by atoms with Gasteiger partial charge in [0.2, 0.25) is 0 Å². The number of fused-ring (bicyclic) bond motifs is 1. The van der Waals surface area contributed by atoms with Crippen LogP contribution in [0.3, 0.4) is 0 Å². The van der Waals surface area contributed by atoms with Crippen molar-refractivity contribution in [1.82, 2.24) is 9.79 Å². The summed E-state index contributed by atoms with van der Waals surface area (Å²) in [7, 11) is -1.22. The molecule has 2 aromatic carbocycles. The average Bonchev–Trinajstić information content (AvgIpc) is 2.67. The van der Waals surface area contributed by atoms with Gasteiger partial charge in [0.15, 0.2) is 0 Å². The van der Waals surface area contributed by atoms with Crippen molar-refractivity contribution in [3.05, 3.63) is 59.7 Å². The molecular formula is C18H20N2O4S2. The number of hydrogen-bond donors (Lipinski definition) is 1. The summed E-state index contributed by atoms with van der Waals surface area (Å²) in [4.78, 5) is 18.6. The standard InChI is InChI=1S/C18H20N2O4S2/c1-20(24-2)26(22,23)14-7-5-6-13(12-14)18(21)19-16-10-11-25-17-9-4-3-8-15(16)17/h3-9,12,16H,10-11H2,1-2H3,(H,19,21)/t16-/m0/s1. The molecule has 0 saturated carbocycles. The van der Waals surface area contributed by atoms with Gasteiger partial charge in [-0.15, -0.1) is 11.8 Å². The second-order valence-electron chi connectivity index (χ2n) is 5.83. The van der Waals surface area contributed by atoms with Crippen LogP contribution in [0.5, 0.6) is 0 Å². The molecule has 1 aliphatic rings. The molecule has 0 spiro atoms. The van der Waals surface area contributed by atoms with Crippen LogP contribution in [0.15, 0.2) is 58.3 Å². The molecule has 1 amide bonds. The lowest BCUT2D eigenvalue weighted by Crippen LogP contribution is -2.31. The van der Waals surface area contributed by atoms with Crippen molar-refractivity contribution in [2.45, 2.75) is 22.3 Å². The van der Waals surface area contributed by atoms with Crippen molar-refractivity contribution in [3.63, 3.8) is 0 Å². The van der Waals surface area contributed by atoms with E-state index in [9.17, 15) is 13.2 Å². The molecule has 1 aliphatic heterocycles. The Labute approximate surface area is 157 Å². The van der Waals surface area contributed by atoms with Crippen LogP contribution >= 0.6 is 11.8 Å². The van der Waals surface area contributed by atoms with Crippen LogP contribution in [0.25, 0.3) is 0 Å². The van der Waals surface area contributed by atoms with Crippen molar-refractivity contribution < 1.29 is 18.0 Å². The lowest BCUT2D eigenvalue weighted by atomic mass is 10.0. The molecule has 1 atom stereocenters. The average molecular weight is 393 g/mol. The number of hydroxylamine groups is 1. The molecule has 1 N–H and O–H groups in total. The SMILES string of the molecule is CON(C)S(=O)(=O)c1cccc(C(=O)N[C@H]2CCSc3ccccc32)c1. The lowest BCUT2D eigenvalue weighted by molar-refractivity contribution is -0.0258. The molecule has 0 radical (unpaired) electrons. The highest BCUT2D eigenvalue weighted by molar-refractivity contribution is 7.99. The number of thioether (sulfide) groups is 1. The van der Waals surface area contributed by atoms with Gasteiger partial charge in [-0.3, -0.25) is 9.63 Å². The minimum absolute atomic E-state index is 0.00843. The Morgan fingerprint density at radius 2 is 2.00 bits per heavy atom. The Bertz CT molecular complexity index is 915. The van der Waals surface area contributed by atoms with Crippen LogP contribution in [0.2, 0.25) is 0 Å². The minimum Gasteiger partial charge on any atom is -0.345 e. The van der Waals surface area contributed by atoms with Crippen LogP contribution in [-0.4, -0.2) is 38.7 Å². The summed E-state index contributed by atoms with van der Waals surface area (Å²) in [6.07, 6.45) is 0.831. The van der Waals surface area contributed by atoms with Gasteiger partial charge < -0.3 is 5.32 Å². The molecule has 0 aliphatic carbocycles. The van der Waals surface area contributed by atoms with E-state index in [1.54, 1.807) is 23.9 Å². The van der Waals surface area contributed by atoms with Crippen molar-refractivity contribution in [3.8, 4) is 0 Å². The highest BCUT2D eigenvalue weighted by Crippen LogP contribution is 2.35. The van der Waals surface area contributed by atoms with Gasteiger partial charge in [0.05, 0.1) is 18.0 Å². The first kappa shape index (κ1) is 18.9. The Morgan fingerprint density at radius 1 is 1.23 bits per heavy atom. The van der Waals surface area contributed by atoms with E-state index in [-0.39, 0.29) is 16.8 Å². The predicted molar refractivity (Wildman–Crippen MR) is 100 cm³/mol. The van der Waals surface area contributed by atoms with Crippen LogP contribution in [0.1, 0.15) is 28.4 Å². The largest absolute Gasteiger partial charge is 0.345 e. The van der Waals surface area contributed by atoms with Crippen LogP contribution in [0.4, 0.5) is 0 Å². The third-order valence-electron chi connectivity index (χ3n) is 4.25. The second-order valence-corrected chi connectivity index (χ2v) is 8.90. The topological polar surface area (TPSA) is 75.7 Å². The number of nitrogens with zero attached hydrogens (tertiary/aromatic N) is 1. The highest BCUT2D eigenvalue weighted by Gasteiger charge is 2.24. The van der Waals surface area contributed by atoms with Gasteiger partial charge in [0.25, 0.3) is 15.9 Å². The summed E-state index contributed by atoms with van der Waals surface area (Å²) < 4.78 is 25.5. The smallest absolute Gasteiger partial charge is 0.264 e. The molecule has 0 saturated heterocycles. The molecule has 6 nitrogen and oxygen atoms in total. The fourth-order valence-electron chi connectivity index (χ4n) is 2.78. The number of hydrogen-bond acceptors (Lipinski definition) is 5. The summed E-state index contributed by atoms with van der Waals surface area (Å²) in [6.45, 7) is 0. The van der Waals surface area contributed by atoms with Crippen LogP contribution < -0.4 is 5.32 Å². The zero-order valence-electron chi connectivity index (χ0n) is 14.5. The minimum atomic E-state index is -3.80. The summed E-state index contributed by atoms with van der Waals surface area (Å²) in [5, 5.41) is 3.02. The van der Waals surface area contributed by atoms with Gasteiger partial charge in [-0.1, -0.05) is 28.7 Å². The summed E-state index contributed by atoms with van der Waals surface area (Å²) in [5.41, 5.74) is 1.39. The number of benzene rings is 2. The van der Waals surface area contributed by atoms with E-state index in [4.69, 9.17) is 4.84 Å². The van der Waals surface area contributed by atoms with E-state index in [0.29, 0.717) is 5.56 Å². The van der Waals surface area contributed by atoms with Crippen molar-refractivity contribution in [2.75, 3.05) is 19.9 Å². The first-order valence-corrected chi connectivity index (χ1v) is 10.5. The first-order valence-electron chi connectivity index (χ1n) is 8.09. The maximum absolute atomic E-state index is 12.7. The third kappa shape index (κ3) is 3.78. The molecule has 26 heavy (non-hydrogen) atoms. The fraction of sp³-hybridized carbons (Fsp3) is 0.278. The van der Waals surface area contributed by atoms with Gasteiger partial charge in [-0.25, -0.2) is 8.42 Å². The van der Waals surface area contributed by atoms with E-state index in [0.717, 1.165) is 22.2 Å². The Hall–Kier alpha value is -1.87. The maximum Gasteiger partial charge on any atom is 0.264 e. The lowest BCUT2D eigenvalue weighted by Gasteiger charge is -2.26. The summed E-state index contributed by atoms with van der Waals surface area (Å²) in [5.74, 6) is 0.628. The maximum atomic E-state index is 12.7. The van der Waals surface area contributed by atoms with E-state index in [1.807, 2.05) is 24.3 Å². The quantitative estimate of drug-likeness (QED) is 0.792. The summed E-state index contributed by atoms with van der Waals surface area (Å²) >= 11 is 1.78. The van der Waals surface area contributed by atoms with Crippen LogP contribution in [0, 0.1) is 0 Å². The first-order chi connectivity index (χ1) is 12.4. The molecule has 138 valence electrons. The molecular weight excluding hydrogens is 372 g/mol. The third-order valence-corrected chi connectivity index (χ3v) is 7.05. The molecule has 0 unspecified atom stereocenters. The molecule has 0 aromatic heterocycles. The Morgan fingerprint density at radius 3 is 2.77 bits per heavy atom. The van der Waals surface area contributed by atoms with Gasteiger partial charge >= 0.3 is 0 Å². The predicted octanol–water partition coefficient (Wildman–Crippen LogP) is 2.84. The zero-order chi connectivity index (χ0) is 18.7. The fourth-order valence-corrected chi connectivity index (χ4v) is 4.92. The number of rotatable bonds is 5. The zero-order valence-corrected chi connectivity index (χ0v) is 16.1. The van der Waals surface area contributed by atoms with E-state index < -0.39 is 10.0 Å². The van der Waals surface area contributed by atoms with E-state index in [1.165, 1.54) is 31.2 Å². The molecule has 0 bridgehead atoms. The van der Waals surface area contributed by atoms with Crippen molar-refractivity contribution >= 4 is 27.7 Å². The van der Waals surface area contributed by atoms with Gasteiger partial charge in [-0.2, -0.15) is 0 Å². The summed E-state index contributed by atoms with van der Waals surface area (Å²) in [6, 6.07) is 13.9. The van der Waals surface area contributed by atoms with Crippen LogP contribution in [-0.2, 0) is 14.9 Å². The van der Waals surface area contributed by atoms with Gasteiger partial charge in [-0.05, 0) is 36.2 Å². The molecule has 8 heteroatoms. The molecule has 3 rings (SSSR count). The normalized spacial score (nSPS) is 17.0. The molecule has 0 fully saturated rings. The number of nitrogens with one attached hydrogen (secondary N) is 1. The van der Waals surface area contributed by atoms with Gasteiger partial charge in [0.1, 0.15) is 0 Å². The number of carbonyl (C=O) groups excluding carboxylic acids is 1. The van der Waals surface area contributed by atoms with Crippen molar-refractivity contribution in [1.29, 1.82) is 0 Å². The number of sulfonamides is 1. The number of amides is 1. The Balaban J connectivity index is 1.83. The highest BCUT2D eigenvalue weighted by atomic mass is 32.2. The molecule has 1 heterocycles. The second kappa shape index (κ2) is 7.79. The molecule has 2 aromatic rings. The van der Waals surface area contributed by atoms with Gasteiger partial charge in [0, 0.05) is 23.3 Å². The van der Waals surface area contributed by atoms with E-state index in [2.05, 4.69) is 5.32 Å². The van der Waals surface area contributed by atoms with E-state index >= 15 is 0 Å².